The molecule has 9 atom stereocenters. The van der Waals surface area contributed by atoms with Gasteiger partial charge in [0.15, 0.2) is 10.9 Å². The predicted molar refractivity (Wildman–Crippen MR) is 236 cm³/mol. The van der Waals surface area contributed by atoms with E-state index in [1.807, 2.05) is 53.0 Å². The minimum atomic E-state index is -1.15. The van der Waals surface area contributed by atoms with E-state index in [1.54, 1.807) is 12.1 Å². The van der Waals surface area contributed by atoms with Crippen LogP contribution in [0.4, 0.5) is 5.13 Å². The number of aromatic nitrogens is 2. The van der Waals surface area contributed by atoms with Gasteiger partial charge in [-0.3, -0.25) is 19.2 Å². The van der Waals surface area contributed by atoms with Crippen LogP contribution in [0.25, 0.3) is 22.3 Å². The monoisotopic (exact) mass is 893 g/mol. The fraction of sp³-hybridized carbons (Fsp3) is 0.652. The third-order valence-corrected chi connectivity index (χ3v) is 14.7. The number of carbonyl (C=O) groups is 4. The maximum absolute atomic E-state index is 14.9. The Balaban J connectivity index is 1.10. The van der Waals surface area contributed by atoms with Crippen LogP contribution in [0, 0.1) is 34.5 Å². The molecule has 16 heteroatoms. The van der Waals surface area contributed by atoms with Crippen LogP contribution < -0.4 is 20.1 Å². The van der Waals surface area contributed by atoms with Crippen LogP contribution in [0.15, 0.2) is 23.6 Å². The largest absolute Gasteiger partial charge is 0.490 e. The van der Waals surface area contributed by atoms with Crippen LogP contribution in [-0.4, -0.2) is 107 Å². The molecule has 3 N–H and O–H groups in total. The van der Waals surface area contributed by atoms with Crippen LogP contribution in [0.2, 0.25) is 5.02 Å². The van der Waals surface area contributed by atoms with Crippen LogP contribution in [0.5, 0.6) is 11.5 Å². The number of anilines is 1. The lowest BCUT2D eigenvalue weighted by Gasteiger charge is -2.35. The molecule has 0 radical (unpaired) electrons. The molecule has 2 aromatic heterocycles. The Morgan fingerprint density at radius 1 is 1.08 bits per heavy atom. The molecule has 5 fully saturated rings. The first-order chi connectivity index (χ1) is 29.5. The van der Waals surface area contributed by atoms with Gasteiger partial charge in [-0.05, 0) is 74.8 Å². The first-order valence-corrected chi connectivity index (χ1v) is 23.5. The summed E-state index contributed by atoms with van der Waals surface area (Å²) in [6.07, 6.45) is 3.01. The second kappa shape index (κ2) is 17.8. The third kappa shape index (κ3) is 9.56. The van der Waals surface area contributed by atoms with Gasteiger partial charge in [-0.1, -0.05) is 45.7 Å². The second-order valence-corrected chi connectivity index (χ2v) is 20.7. The zero-order valence-electron chi connectivity index (χ0n) is 36.5. The standard InChI is InChI=1S/C46H60ClN5O9S/c1-7-27-18-46(27,43(56)57)19-36(53)35-15-30(20-52(35)42(55)32(45(4,5)6)16-39(54)61-29-13-25-12-26(25)14-29)60-38-17-33(34-23-62-44(51-34)49-24(2)3)50-41-31(38)8-9-37(40(41)47)59-22-28-21-58-11-10-48-28/h8-9,17,23-30,32,35,48H,7,10-16,18-22H2,1-6H3,(H,49,51)(H,56,57)/t25-,26+,27-,28-,29?,30-,32-,35+,46-/m1/s1. The van der Waals surface area contributed by atoms with Crippen LogP contribution in [0.1, 0.15) is 92.9 Å². The van der Waals surface area contributed by atoms with E-state index in [0.29, 0.717) is 83.3 Å². The highest BCUT2D eigenvalue weighted by atomic mass is 35.5. The van der Waals surface area contributed by atoms with Crippen molar-refractivity contribution in [3.63, 3.8) is 0 Å². The quantitative estimate of drug-likeness (QED) is 0.114. The molecule has 0 spiro atoms. The maximum atomic E-state index is 14.9. The van der Waals surface area contributed by atoms with Crippen molar-refractivity contribution in [2.45, 2.75) is 123 Å². The van der Waals surface area contributed by atoms with Gasteiger partial charge >= 0.3 is 11.9 Å². The normalized spacial score (nSPS) is 28.4. The highest BCUT2D eigenvalue weighted by Crippen LogP contribution is 2.58. The molecule has 5 aliphatic rings. The van der Waals surface area contributed by atoms with Gasteiger partial charge in [-0.2, -0.15) is 0 Å². The first-order valence-electron chi connectivity index (χ1n) is 22.2. The Labute approximate surface area is 372 Å². The smallest absolute Gasteiger partial charge is 0.310 e. The Hall–Kier alpha value is -4.05. The number of aliphatic carboxylic acids is 1. The van der Waals surface area contributed by atoms with Gasteiger partial charge in [-0.15, -0.1) is 11.3 Å². The van der Waals surface area contributed by atoms with E-state index in [9.17, 15) is 24.3 Å². The number of hydrogen-bond donors (Lipinski definition) is 3. The molecule has 14 nitrogen and oxygen atoms in total. The first kappa shape index (κ1) is 44.6. The molecular formula is C46H60ClN5O9S. The van der Waals surface area contributed by atoms with Gasteiger partial charge in [0.1, 0.15) is 41.0 Å². The SMILES string of the molecule is CC[C@@H]1C[C@]1(CC(=O)[C@@H]1C[C@@H](Oc2cc(-c3csc(NC(C)C)n3)nc3c(Cl)c(OC[C@H]4COCCN4)ccc23)CN1C(=O)[C@@H](CC(=O)OC1C[C@@H]2C[C@@H]2C1)C(C)(C)C)C(=O)O. The summed E-state index contributed by atoms with van der Waals surface area (Å²) >= 11 is 8.55. The Bertz CT molecular complexity index is 2180. The molecule has 8 rings (SSSR count). The van der Waals surface area contributed by atoms with E-state index in [4.69, 9.17) is 40.5 Å². The summed E-state index contributed by atoms with van der Waals surface area (Å²) in [4.78, 5) is 66.7. The number of carbonyl (C=O) groups excluding carboxylic acids is 3. The summed E-state index contributed by atoms with van der Waals surface area (Å²) in [5.41, 5.74) is -0.262. The number of halogens is 1. The number of hydrogen-bond acceptors (Lipinski definition) is 13. The number of Topliss-reactive ketones (excluding diaryl/α,β-unsaturated/α-hetero) is 1. The highest BCUT2D eigenvalue weighted by molar-refractivity contribution is 7.14. The summed E-state index contributed by atoms with van der Waals surface area (Å²) in [5.74, 6) is -0.848. The predicted octanol–water partition coefficient (Wildman–Crippen LogP) is 7.40. The van der Waals surface area contributed by atoms with Gasteiger partial charge in [0.05, 0.1) is 60.8 Å². The van der Waals surface area contributed by atoms with E-state index < -0.39 is 40.8 Å². The van der Waals surface area contributed by atoms with Crippen LogP contribution >= 0.6 is 22.9 Å². The van der Waals surface area contributed by atoms with Crippen LogP contribution in [-0.2, 0) is 28.7 Å². The second-order valence-electron chi connectivity index (χ2n) is 19.5. The zero-order chi connectivity index (χ0) is 44.1. The van der Waals surface area contributed by atoms with Gasteiger partial charge in [0.25, 0.3) is 0 Å². The van der Waals surface area contributed by atoms with Gasteiger partial charge in [0, 0.05) is 42.3 Å². The Morgan fingerprint density at radius 3 is 2.52 bits per heavy atom. The third-order valence-electron chi connectivity index (χ3n) is 13.5. The molecule has 2 saturated heterocycles. The topological polar surface area (TPSA) is 179 Å². The molecule has 3 saturated carbocycles. The number of carboxylic acid groups (broad SMARTS) is 1. The molecule has 0 bridgehead atoms. The van der Waals surface area contributed by atoms with Crippen molar-refractivity contribution in [2.75, 3.05) is 38.2 Å². The number of rotatable bonds is 17. The number of ketones is 1. The molecule has 62 heavy (non-hydrogen) atoms. The average Bonchev–Trinajstić information content (AvgIpc) is 3.90. The summed E-state index contributed by atoms with van der Waals surface area (Å²) < 4.78 is 24.6. The molecule has 1 unspecified atom stereocenters. The summed E-state index contributed by atoms with van der Waals surface area (Å²) in [7, 11) is 0. The molecular weight excluding hydrogens is 834 g/mol. The number of nitrogens with one attached hydrogen (secondary N) is 2. The molecule has 3 aliphatic carbocycles. The zero-order valence-corrected chi connectivity index (χ0v) is 38.1. The number of pyridine rings is 1. The van der Waals surface area contributed by atoms with Crippen molar-refractivity contribution in [1.82, 2.24) is 20.2 Å². The number of amides is 1. The number of fused-ring (bicyclic) bond motifs is 2. The lowest BCUT2D eigenvalue weighted by molar-refractivity contribution is -0.157. The molecule has 336 valence electrons. The van der Waals surface area contributed by atoms with Crippen molar-refractivity contribution < 1.29 is 43.2 Å². The number of ether oxygens (including phenoxy) is 4. The van der Waals surface area contributed by atoms with E-state index in [2.05, 4.69) is 10.6 Å². The van der Waals surface area contributed by atoms with Crippen molar-refractivity contribution >= 4 is 62.6 Å². The Kier molecular flexibility index (Phi) is 12.8. The van der Waals surface area contributed by atoms with Crippen molar-refractivity contribution in [3.8, 4) is 22.9 Å². The maximum Gasteiger partial charge on any atom is 0.310 e. The average molecular weight is 895 g/mol. The molecule has 4 heterocycles. The fourth-order valence-electron chi connectivity index (χ4n) is 9.80. The molecule has 2 aliphatic heterocycles. The van der Waals surface area contributed by atoms with Gasteiger partial charge in [-0.25, -0.2) is 9.97 Å². The van der Waals surface area contributed by atoms with E-state index in [-0.39, 0.29) is 61.6 Å². The molecule has 1 aromatic carbocycles. The lowest BCUT2D eigenvalue weighted by Crippen LogP contribution is -2.48. The van der Waals surface area contributed by atoms with E-state index >= 15 is 0 Å². The lowest BCUT2D eigenvalue weighted by atomic mass is 9.77. The molecule has 3 aromatic rings. The van der Waals surface area contributed by atoms with E-state index in [1.165, 1.54) is 22.7 Å². The minimum absolute atomic E-state index is 0.00117. The van der Waals surface area contributed by atoms with Crippen molar-refractivity contribution in [2.24, 2.45) is 34.5 Å². The number of esters is 1. The fourth-order valence-corrected chi connectivity index (χ4v) is 10.9. The number of thiazole rings is 1. The van der Waals surface area contributed by atoms with E-state index in [0.717, 1.165) is 24.5 Å². The molecule has 1 amide bonds. The van der Waals surface area contributed by atoms with Crippen LogP contribution in [0.3, 0.4) is 0 Å². The summed E-state index contributed by atoms with van der Waals surface area (Å²) in [6.45, 7) is 14.0. The van der Waals surface area contributed by atoms with Gasteiger partial charge < -0.3 is 39.6 Å². The minimum Gasteiger partial charge on any atom is -0.490 e. The summed E-state index contributed by atoms with van der Waals surface area (Å²) in [5, 5.41) is 20.6. The van der Waals surface area contributed by atoms with Gasteiger partial charge in [0.2, 0.25) is 5.91 Å². The van der Waals surface area contributed by atoms with Crippen molar-refractivity contribution in [3.05, 3.63) is 28.6 Å². The number of likely N-dealkylation sites (tertiary alicyclic amines) is 1. The summed E-state index contributed by atoms with van der Waals surface area (Å²) in [6, 6.07) is 4.62. The number of nitrogens with zero attached hydrogens (tertiary/aromatic N) is 3. The Morgan fingerprint density at radius 2 is 1.85 bits per heavy atom. The number of carboxylic acids is 1. The highest BCUT2D eigenvalue weighted by Gasteiger charge is 2.61. The number of morpholine rings is 1. The van der Waals surface area contributed by atoms with Crippen molar-refractivity contribution in [1.29, 1.82) is 0 Å². The number of benzene rings is 1.